The molecular weight excluding hydrogens is 855 g/mol. The van der Waals surface area contributed by atoms with Crippen LogP contribution in [-0.4, -0.2) is 67.6 Å². The number of anilines is 6. The molecule has 0 spiro atoms. The number of hydrogen-bond acceptors (Lipinski definition) is 13. The molecule has 0 saturated carbocycles. The minimum absolute atomic E-state index is 0.00138. The van der Waals surface area contributed by atoms with E-state index >= 15 is 0 Å². The van der Waals surface area contributed by atoms with E-state index in [1.807, 2.05) is 116 Å². The fourth-order valence-corrected chi connectivity index (χ4v) is 8.27. The van der Waals surface area contributed by atoms with Gasteiger partial charge in [-0.3, -0.25) is 39.1 Å². The van der Waals surface area contributed by atoms with Crippen molar-refractivity contribution in [2.45, 2.75) is 72.6 Å². The molecule has 0 bridgehead atoms. The monoisotopic (exact) mass is 901 g/mol. The summed E-state index contributed by atoms with van der Waals surface area (Å²) in [6.45, 7) is 15.3. The summed E-state index contributed by atoms with van der Waals surface area (Å²) < 4.78 is 0. The number of rotatable bonds is 5. The molecule has 0 unspecified atom stereocenters. The maximum atomic E-state index is 13.1. The van der Waals surface area contributed by atoms with Crippen molar-refractivity contribution in [3.05, 3.63) is 168 Å². The zero-order valence-corrected chi connectivity index (χ0v) is 38.9. The Balaban J connectivity index is 0.000000130. The Labute approximate surface area is 393 Å². The minimum atomic E-state index is -0.626. The first-order valence-electron chi connectivity index (χ1n) is 21.9. The lowest BCUT2D eigenvalue weighted by atomic mass is 9.85. The van der Waals surface area contributed by atoms with Gasteiger partial charge in [0.25, 0.3) is 0 Å². The molecule has 3 aromatic carbocycles. The van der Waals surface area contributed by atoms with Gasteiger partial charge in [0.2, 0.25) is 23.7 Å². The molecule has 0 aliphatic carbocycles. The third-order valence-electron chi connectivity index (χ3n) is 12.1. The second-order valence-corrected chi connectivity index (χ2v) is 17.7. The number of fused-ring (bicyclic) bond motifs is 3. The van der Waals surface area contributed by atoms with Gasteiger partial charge < -0.3 is 0 Å². The third-order valence-corrected chi connectivity index (χ3v) is 12.1. The number of carbonyl (C=O) groups is 3. The lowest BCUT2D eigenvalue weighted by molar-refractivity contribution is -0.122. The van der Waals surface area contributed by atoms with Gasteiger partial charge in [0.05, 0.1) is 70.0 Å². The first-order chi connectivity index (χ1) is 32.6. The van der Waals surface area contributed by atoms with Crippen LogP contribution in [0.3, 0.4) is 0 Å². The second-order valence-electron chi connectivity index (χ2n) is 17.7. The van der Waals surface area contributed by atoms with Crippen molar-refractivity contribution in [1.29, 1.82) is 0 Å². The molecule has 11 rings (SSSR count). The minimum Gasteiger partial charge on any atom is -0.274 e. The van der Waals surface area contributed by atoms with Crippen LogP contribution in [0.5, 0.6) is 0 Å². The summed E-state index contributed by atoms with van der Waals surface area (Å²) in [7, 11) is 0. The van der Waals surface area contributed by atoms with Gasteiger partial charge in [0.1, 0.15) is 18.0 Å². The van der Waals surface area contributed by atoms with Crippen LogP contribution in [0.15, 0.2) is 129 Å². The highest BCUT2D eigenvalue weighted by Crippen LogP contribution is 2.47. The second kappa shape index (κ2) is 17.7. The summed E-state index contributed by atoms with van der Waals surface area (Å²) in [4.78, 5) is 85.5. The summed E-state index contributed by atoms with van der Waals surface area (Å²) in [6.07, 6.45) is 17.3. The molecule has 68 heavy (non-hydrogen) atoms. The van der Waals surface area contributed by atoms with E-state index in [1.54, 1.807) is 76.5 Å². The summed E-state index contributed by atoms with van der Waals surface area (Å²) in [5.74, 6) is 2.28. The Morgan fingerprint density at radius 1 is 0.500 bits per heavy atom. The molecule has 338 valence electrons. The number of hydrogen-bond donors (Lipinski definition) is 0. The van der Waals surface area contributed by atoms with Gasteiger partial charge in [-0.15, -0.1) is 0 Å². The molecule has 8 heterocycles. The van der Waals surface area contributed by atoms with Crippen LogP contribution < -0.4 is 14.7 Å². The van der Waals surface area contributed by atoms with Crippen LogP contribution in [0.4, 0.5) is 34.6 Å². The van der Waals surface area contributed by atoms with Gasteiger partial charge in [0.15, 0.2) is 5.82 Å². The lowest BCUT2D eigenvalue weighted by Crippen LogP contribution is -2.33. The average molecular weight is 902 g/mol. The van der Waals surface area contributed by atoms with Crippen molar-refractivity contribution in [3.8, 4) is 22.4 Å². The predicted molar refractivity (Wildman–Crippen MR) is 258 cm³/mol. The van der Waals surface area contributed by atoms with E-state index in [9.17, 15) is 14.4 Å². The van der Waals surface area contributed by atoms with E-state index in [1.165, 1.54) is 6.33 Å². The summed E-state index contributed by atoms with van der Waals surface area (Å²) >= 11 is 0. The molecule has 0 radical (unpaired) electrons. The average Bonchev–Trinajstić information content (AvgIpc) is 3.86. The molecule has 3 aliphatic rings. The van der Waals surface area contributed by atoms with Crippen molar-refractivity contribution >= 4 is 52.4 Å². The van der Waals surface area contributed by atoms with Gasteiger partial charge in [-0.2, -0.15) is 0 Å². The molecule has 16 nitrogen and oxygen atoms in total. The standard InChI is InChI=1S/C20H19N5O.C19H17N5O.C13H11N3O/c1-12-8-23-16(10-21-12)14-5-6-15-17(7-14)25(19(26)20(15,3)4)18-11-22-13(2)9-24-18;1-12-21-9-14(10-22-12)13-4-5-15-16(8-13)24(18(25)19(15,2)3)17-6-7-20-11-23-17;1-9-7-14-13(15-8-9)16-11-5-3-2-4-10(11)6-12(16)17/h5-11H,1-4H3;4-11H,1-3H3;2-5,7-8H,6H2,1H3. The smallest absolute Gasteiger partial charge is 0.242 e. The highest BCUT2D eigenvalue weighted by Gasteiger charge is 2.46. The third kappa shape index (κ3) is 8.31. The normalized spacial score (nSPS) is 14.9. The zero-order chi connectivity index (χ0) is 47.9. The van der Waals surface area contributed by atoms with Crippen molar-refractivity contribution in [2.24, 2.45) is 0 Å². The van der Waals surface area contributed by atoms with E-state index in [4.69, 9.17) is 0 Å². The van der Waals surface area contributed by atoms with Crippen LogP contribution in [-0.2, 0) is 31.6 Å². The SMILES string of the molecule is Cc1cnc(-c2ccc3c(c2)N(c2cnc(C)cn2)C(=O)C3(C)C)cn1.Cc1cnc(N2C(=O)Cc3ccccc32)nc1.Cc1ncc(-c2ccc3c(c2)N(c2ccncn2)C(=O)C3(C)C)cn1. The molecule has 0 fully saturated rings. The highest BCUT2D eigenvalue weighted by atomic mass is 16.2. The molecule has 16 heteroatoms. The number of nitrogens with zero attached hydrogens (tertiary/aromatic N) is 13. The molecule has 3 amide bonds. The largest absolute Gasteiger partial charge is 0.274 e. The highest BCUT2D eigenvalue weighted by molar-refractivity contribution is 6.13. The number of para-hydroxylation sites is 1. The lowest BCUT2D eigenvalue weighted by Gasteiger charge is -2.19. The molecule has 3 aliphatic heterocycles. The molecule has 0 N–H and O–H groups in total. The fraction of sp³-hybridized carbons (Fsp3) is 0.212. The zero-order valence-electron chi connectivity index (χ0n) is 38.9. The molecule has 0 atom stereocenters. The number of aryl methyl sites for hydroxylation is 4. The number of carbonyl (C=O) groups excluding carboxylic acids is 3. The number of aromatic nitrogens is 10. The first kappa shape index (κ1) is 44.7. The predicted octanol–water partition coefficient (Wildman–Crippen LogP) is 8.71. The summed E-state index contributed by atoms with van der Waals surface area (Å²) in [5.41, 5.74) is 10.5. The van der Waals surface area contributed by atoms with Crippen LogP contribution in [0.1, 0.15) is 67.2 Å². The maximum absolute atomic E-state index is 13.1. The molecule has 0 saturated heterocycles. The van der Waals surface area contributed by atoms with E-state index in [0.29, 0.717) is 24.0 Å². The first-order valence-corrected chi connectivity index (χ1v) is 21.9. The van der Waals surface area contributed by atoms with Gasteiger partial charge in [0, 0.05) is 48.3 Å². The van der Waals surface area contributed by atoms with Crippen LogP contribution in [0.25, 0.3) is 22.4 Å². The van der Waals surface area contributed by atoms with Gasteiger partial charge in [-0.1, -0.05) is 42.5 Å². The van der Waals surface area contributed by atoms with Gasteiger partial charge in [-0.05, 0) is 107 Å². The van der Waals surface area contributed by atoms with Crippen molar-refractivity contribution in [3.63, 3.8) is 0 Å². The Hall–Kier alpha value is -8.53. The summed E-state index contributed by atoms with van der Waals surface area (Å²) in [6, 6.07) is 21.4. The van der Waals surface area contributed by atoms with E-state index in [0.717, 1.165) is 78.9 Å². The van der Waals surface area contributed by atoms with Crippen LogP contribution in [0, 0.1) is 27.7 Å². The van der Waals surface area contributed by atoms with Crippen molar-refractivity contribution < 1.29 is 14.4 Å². The topological polar surface area (TPSA) is 190 Å². The van der Waals surface area contributed by atoms with Gasteiger partial charge in [-0.25, -0.2) is 39.8 Å². The number of benzene rings is 3. The molecule has 5 aromatic heterocycles. The fourth-order valence-electron chi connectivity index (χ4n) is 8.27. The summed E-state index contributed by atoms with van der Waals surface area (Å²) in [5, 5.41) is 0. The number of amides is 3. The Morgan fingerprint density at radius 2 is 1.10 bits per heavy atom. The van der Waals surface area contributed by atoms with Crippen molar-refractivity contribution in [2.75, 3.05) is 14.7 Å². The van der Waals surface area contributed by atoms with Crippen LogP contribution >= 0.6 is 0 Å². The van der Waals surface area contributed by atoms with E-state index in [2.05, 4.69) is 49.8 Å². The van der Waals surface area contributed by atoms with Gasteiger partial charge >= 0.3 is 0 Å². The van der Waals surface area contributed by atoms with E-state index < -0.39 is 10.8 Å². The quantitative estimate of drug-likeness (QED) is 0.160. The van der Waals surface area contributed by atoms with Crippen molar-refractivity contribution in [1.82, 2.24) is 49.8 Å². The maximum Gasteiger partial charge on any atom is 0.242 e. The Morgan fingerprint density at radius 3 is 1.71 bits per heavy atom. The van der Waals surface area contributed by atoms with Crippen LogP contribution in [0.2, 0.25) is 0 Å². The Bertz CT molecular complexity index is 3200. The van der Waals surface area contributed by atoms with E-state index in [-0.39, 0.29) is 17.7 Å². The Kier molecular flexibility index (Phi) is 11.6. The molecule has 8 aromatic rings. The molecular formula is C52H47N13O3.